The van der Waals surface area contributed by atoms with Crippen molar-refractivity contribution in [3.63, 3.8) is 0 Å². The molecule has 0 aromatic rings. The Labute approximate surface area is 373 Å². The number of hydrogen-bond acceptors (Lipinski definition) is 18. The van der Waals surface area contributed by atoms with Crippen molar-refractivity contribution in [2.75, 3.05) is 26.4 Å². The Morgan fingerprint density at radius 2 is 0.905 bits per heavy atom. The number of aliphatic hydroxyl groups is 11. The Hall–Kier alpha value is -1.21. The summed E-state index contributed by atoms with van der Waals surface area (Å²) in [4.78, 5) is 13.1. The predicted molar refractivity (Wildman–Crippen MR) is 227 cm³/mol. The van der Waals surface area contributed by atoms with Crippen molar-refractivity contribution in [3.8, 4) is 0 Å². The van der Waals surface area contributed by atoms with E-state index in [1.807, 2.05) is 0 Å². The molecule has 1 amide bonds. The molecule has 3 aliphatic heterocycles. The SMILES string of the molecule is CCCCCCCCCCCCCC(O)C(COC1OC(CO)C(OC2OC(CO)C(OC3OC(CO)C(O)C(O)C3O)C(O)C2O)C(O)C1O)NC(=O)CCCCCCCCC. The molecule has 372 valence electrons. The van der Waals surface area contributed by atoms with Crippen molar-refractivity contribution >= 4 is 5.91 Å². The van der Waals surface area contributed by atoms with E-state index in [9.17, 15) is 61.0 Å². The van der Waals surface area contributed by atoms with Crippen molar-refractivity contribution in [3.05, 3.63) is 0 Å². The van der Waals surface area contributed by atoms with Gasteiger partial charge in [0.25, 0.3) is 0 Å². The molecule has 3 aliphatic rings. The molecule has 3 saturated heterocycles. The minimum Gasteiger partial charge on any atom is -0.394 e. The molecule has 0 saturated carbocycles. The Morgan fingerprint density at radius 1 is 0.508 bits per heavy atom. The summed E-state index contributed by atoms with van der Waals surface area (Å²) < 4.78 is 34.0. The highest BCUT2D eigenvalue weighted by molar-refractivity contribution is 5.76. The zero-order valence-electron chi connectivity index (χ0n) is 37.6. The average Bonchev–Trinajstić information content (AvgIpc) is 3.28. The highest BCUT2D eigenvalue weighted by Gasteiger charge is 2.53. The molecule has 3 fully saturated rings. The van der Waals surface area contributed by atoms with Gasteiger partial charge in [-0.2, -0.15) is 0 Å². The van der Waals surface area contributed by atoms with E-state index in [4.69, 9.17) is 28.4 Å². The number of aliphatic hydroxyl groups excluding tert-OH is 11. The molecule has 0 spiro atoms. The van der Waals surface area contributed by atoms with Crippen LogP contribution in [-0.4, -0.2) is 193 Å². The lowest BCUT2D eigenvalue weighted by Gasteiger charge is -2.48. The third kappa shape index (κ3) is 18.1. The first-order valence-electron chi connectivity index (χ1n) is 23.8. The van der Waals surface area contributed by atoms with Crippen LogP contribution in [0.4, 0.5) is 0 Å². The lowest BCUT2D eigenvalue weighted by Crippen LogP contribution is -2.66. The maximum Gasteiger partial charge on any atom is 0.220 e. The second-order valence-corrected chi connectivity index (χ2v) is 17.6. The van der Waals surface area contributed by atoms with E-state index in [2.05, 4.69) is 19.2 Å². The van der Waals surface area contributed by atoms with Gasteiger partial charge in [-0.05, 0) is 12.8 Å². The third-order valence-electron chi connectivity index (χ3n) is 12.4. The normalized spacial score (nSPS) is 34.8. The van der Waals surface area contributed by atoms with Gasteiger partial charge in [-0.25, -0.2) is 0 Å². The first kappa shape index (κ1) is 56.1. The maximum absolute atomic E-state index is 13.1. The van der Waals surface area contributed by atoms with Gasteiger partial charge in [0.15, 0.2) is 18.9 Å². The second kappa shape index (κ2) is 31.0. The monoisotopic (exact) mass is 914 g/mol. The third-order valence-corrected chi connectivity index (χ3v) is 12.4. The van der Waals surface area contributed by atoms with E-state index in [0.717, 1.165) is 57.8 Å². The Balaban J connectivity index is 1.58. The molecule has 19 heteroatoms. The largest absolute Gasteiger partial charge is 0.394 e. The predicted octanol–water partition coefficient (Wildman–Crippen LogP) is 0.139. The van der Waals surface area contributed by atoms with Gasteiger partial charge in [0, 0.05) is 6.42 Å². The van der Waals surface area contributed by atoms with Crippen LogP contribution in [0.25, 0.3) is 0 Å². The molecule has 0 aromatic carbocycles. The highest BCUT2D eigenvalue weighted by Crippen LogP contribution is 2.33. The van der Waals surface area contributed by atoms with Gasteiger partial charge < -0.3 is 89.9 Å². The minimum absolute atomic E-state index is 0.253. The van der Waals surface area contributed by atoms with Crippen LogP contribution in [0.15, 0.2) is 0 Å². The van der Waals surface area contributed by atoms with Crippen molar-refractivity contribution in [1.82, 2.24) is 5.32 Å². The Bertz CT molecular complexity index is 1190. The lowest BCUT2D eigenvalue weighted by atomic mass is 9.96. The van der Waals surface area contributed by atoms with E-state index < -0.39 is 124 Å². The first-order chi connectivity index (χ1) is 30.3. The molecule has 17 atom stereocenters. The molecule has 3 rings (SSSR count). The van der Waals surface area contributed by atoms with E-state index >= 15 is 0 Å². The molecule has 63 heavy (non-hydrogen) atoms. The van der Waals surface area contributed by atoms with Crippen LogP contribution in [0.1, 0.15) is 142 Å². The minimum atomic E-state index is -1.97. The van der Waals surface area contributed by atoms with Crippen molar-refractivity contribution in [1.29, 1.82) is 0 Å². The zero-order valence-corrected chi connectivity index (χ0v) is 37.6. The van der Waals surface area contributed by atoms with Gasteiger partial charge in [-0.1, -0.05) is 123 Å². The Morgan fingerprint density at radius 3 is 1.38 bits per heavy atom. The molecule has 17 unspecified atom stereocenters. The fraction of sp³-hybridized carbons (Fsp3) is 0.977. The Kier molecular flexibility index (Phi) is 27.6. The van der Waals surface area contributed by atoms with Crippen LogP contribution in [0.5, 0.6) is 0 Å². The van der Waals surface area contributed by atoms with Gasteiger partial charge in [0.05, 0.1) is 38.6 Å². The standard InChI is InChI=1S/C44H83NO18/c1-3-5-7-9-11-12-13-14-16-17-19-21-28(49)27(45-32(50)22-20-18-15-10-8-6-4-2)26-58-42-38(56)35(53)40(30(24-47)60-42)63-44-39(57)36(54)41(31(25-48)61-44)62-43-37(55)34(52)33(51)29(23-46)59-43/h27-31,33-44,46-49,51-57H,3-26H2,1-2H3,(H,45,50). The van der Waals surface area contributed by atoms with Crippen molar-refractivity contribution < 1.29 is 89.4 Å². The molecule has 0 aromatic heterocycles. The van der Waals surface area contributed by atoms with Crippen LogP contribution in [-0.2, 0) is 33.2 Å². The molecule has 3 heterocycles. The smallest absolute Gasteiger partial charge is 0.220 e. The van der Waals surface area contributed by atoms with Gasteiger partial charge in [-0.3, -0.25) is 4.79 Å². The summed E-state index contributed by atoms with van der Waals surface area (Å²) in [6.07, 6.45) is -5.98. The number of rotatable bonds is 32. The molecule has 19 nitrogen and oxygen atoms in total. The average molecular weight is 914 g/mol. The summed E-state index contributed by atoms with van der Waals surface area (Å²) in [5.41, 5.74) is 0. The molecule has 0 aliphatic carbocycles. The number of ether oxygens (including phenoxy) is 6. The maximum atomic E-state index is 13.1. The summed E-state index contributed by atoms with van der Waals surface area (Å²) in [6.45, 7) is 1.67. The van der Waals surface area contributed by atoms with Gasteiger partial charge in [0.2, 0.25) is 5.91 Å². The summed E-state index contributed by atoms with van der Waals surface area (Å²) >= 11 is 0. The molecular formula is C44H83NO18. The number of amides is 1. The van der Waals surface area contributed by atoms with Crippen LogP contribution >= 0.6 is 0 Å². The lowest BCUT2D eigenvalue weighted by molar-refractivity contribution is -0.379. The van der Waals surface area contributed by atoms with Gasteiger partial charge in [0.1, 0.15) is 73.2 Å². The quantitative estimate of drug-likeness (QED) is 0.0400. The van der Waals surface area contributed by atoms with Gasteiger partial charge in [-0.15, -0.1) is 0 Å². The summed E-state index contributed by atoms with van der Waals surface area (Å²) in [6, 6.07) is -0.875. The van der Waals surface area contributed by atoms with Gasteiger partial charge >= 0.3 is 0 Å². The first-order valence-corrected chi connectivity index (χ1v) is 23.8. The van der Waals surface area contributed by atoms with Crippen LogP contribution in [0.3, 0.4) is 0 Å². The number of unbranched alkanes of at least 4 members (excludes halogenated alkanes) is 16. The molecule has 0 bridgehead atoms. The fourth-order valence-corrected chi connectivity index (χ4v) is 8.37. The fourth-order valence-electron chi connectivity index (χ4n) is 8.37. The number of carbonyl (C=O) groups excluding carboxylic acids is 1. The topological polar surface area (TPSA) is 307 Å². The molecular weight excluding hydrogens is 830 g/mol. The molecule has 0 radical (unpaired) electrons. The van der Waals surface area contributed by atoms with Crippen molar-refractivity contribution in [2.24, 2.45) is 0 Å². The summed E-state index contributed by atoms with van der Waals surface area (Å²) in [5.74, 6) is -0.253. The van der Waals surface area contributed by atoms with Crippen molar-refractivity contribution in [2.45, 2.75) is 247 Å². The number of nitrogens with one attached hydrogen (secondary N) is 1. The second-order valence-electron chi connectivity index (χ2n) is 17.6. The number of hydrogen-bond donors (Lipinski definition) is 12. The van der Waals surface area contributed by atoms with Crippen LogP contribution in [0, 0.1) is 0 Å². The highest BCUT2D eigenvalue weighted by atomic mass is 16.8. The van der Waals surface area contributed by atoms with E-state index in [-0.39, 0.29) is 18.9 Å². The van der Waals surface area contributed by atoms with Crippen LogP contribution < -0.4 is 5.32 Å². The van der Waals surface area contributed by atoms with E-state index in [1.165, 1.54) is 51.4 Å². The zero-order chi connectivity index (χ0) is 46.3. The number of carbonyl (C=O) groups is 1. The summed E-state index contributed by atoms with van der Waals surface area (Å²) in [7, 11) is 0. The summed E-state index contributed by atoms with van der Waals surface area (Å²) in [5, 5.41) is 119. The molecule has 12 N–H and O–H groups in total. The van der Waals surface area contributed by atoms with Crippen LogP contribution in [0.2, 0.25) is 0 Å². The van der Waals surface area contributed by atoms with E-state index in [0.29, 0.717) is 12.8 Å². The van der Waals surface area contributed by atoms with E-state index in [1.54, 1.807) is 0 Å².